The third-order valence-electron chi connectivity index (χ3n) is 4.40. The van der Waals surface area contributed by atoms with Crippen molar-refractivity contribution in [2.75, 3.05) is 19.8 Å². The number of aromatic amines is 1. The van der Waals surface area contributed by atoms with Gasteiger partial charge in [0.05, 0.1) is 18.6 Å². The van der Waals surface area contributed by atoms with E-state index >= 15 is 0 Å². The van der Waals surface area contributed by atoms with Gasteiger partial charge in [-0.05, 0) is 46.2 Å². The van der Waals surface area contributed by atoms with Gasteiger partial charge in [-0.1, -0.05) is 0 Å². The number of benzene rings is 1. The van der Waals surface area contributed by atoms with Crippen molar-refractivity contribution in [3.05, 3.63) is 58.2 Å². The summed E-state index contributed by atoms with van der Waals surface area (Å²) in [6, 6.07) is 7.02. The van der Waals surface area contributed by atoms with E-state index in [4.69, 9.17) is 4.74 Å². The monoisotopic (exact) mass is 316 g/mol. The molecule has 1 aliphatic rings. The van der Waals surface area contributed by atoms with Crippen molar-refractivity contribution < 1.29 is 9.13 Å². The van der Waals surface area contributed by atoms with Crippen LogP contribution in [0.1, 0.15) is 11.1 Å². The molecular weight excluding hydrogens is 299 g/mol. The summed E-state index contributed by atoms with van der Waals surface area (Å²) < 4.78 is 18.9. The topological polar surface area (TPSA) is 37.0 Å². The first-order valence-corrected chi connectivity index (χ1v) is 8.28. The fourth-order valence-corrected chi connectivity index (χ4v) is 3.80. The molecule has 5 heteroatoms. The fraction of sp³-hybridized carbons (Fsp3) is 0.294. The van der Waals surface area contributed by atoms with E-state index < -0.39 is 0 Å². The summed E-state index contributed by atoms with van der Waals surface area (Å²) in [5.74, 6) is -0.199. The summed E-state index contributed by atoms with van der Waals surface area (Å²) in [6.45, 7) is 3.11. The van der Waals surface area contributed by atoms with E-state index in [9.17, 15) is 4.39 Å². The highest BCUT2D eigenvalue weighted by Gasteiger charge is 2.40. The number of aromatic nitrogens is 1. The molecule has 0 saturated carbocycles. The van der Waals surface area contributed by atoms with Crippen LogP contribution >= 0.6 is 11.3 Å². The summed E-state index contributed by atoms with van der Waals surface area (Å²) in [6.07, 6.45) is 1.95. The Labute approximate surface area is 132 Å². The first kappa shape index (κ1) is 13.9. The van der Waals surface area contributed by atoms with Gasteiger partial charge in [0.25, 0.3) is 0 Å². The molecule has 0 aliphatic carbocycles. The van der Waals surface area contributed by atoms with Crippen LogP contribution in [0.4, 0.5) is 4.39 Å². The second-order valence-corrected chi connectivity index (χ2v) is 6.67. The lowest BCUT2D eigenvalue weighted by Gasteiger charge is -2.41. The lowest BCUT2D eigenvalue weighted by molar-refractivity contribution is -0.0589. The Morgan fingerprint density at radius 3 is 2.95 bits per heavy atom. The highest BCUT2D eigenvalue weighted by Crippen LogP contribution is 2.33. The zero-order valence-electron chi connectivity index (χ0n) is 12.1. The SMILES string of the molecule is Fc1ccc2[nH]cc(CNCC3(c4ccsc4)COC3)c2c1. The summed E-state index contributed by atoms with van der Waals surface area (Å²) in [5.41, 5.74) is 3.51. The number of rotatable bonds is 5. The van der Waals surface area contributed by atoms with Gasteiger partial charge in [0, 0.05) is 30.2 Å². The van der Waals surface area contributed by atoms with Crippen LogP contribution in [-0.2, 0) is 16.7 Å². The normalized spacial score (nSPS) is 16.8. The predicted octanol–water partition coefficient (Wildman–Crippen LogP) is 3.43. The van der Waals surface area contributed by atoms with Crippen molar-refractivity contribution in [3.8, 4) is 0 Å². The molecule has 3 heterocycles. The number of nitrogens with one attached hydrogen (secondary N) is 2. The maximum Gasteiger partial charge on any atom is 0.123 e. The Bertz CT molecular complexity index is 777. The maximum absolute atomic E-state index is 13.4. The van der Waals surface area contributed by atoms with E-state index in [1.54, 1.807) is 23.5 Å². The number of ether oxygens (including phenoxy) is 1. The van der Waals surface area contributed by atoms with E-state index in [-0.39, 0.29) is 11.2 Å². The van der Waals surface area contributed by atoms with Gasteiger partial charge < -0.3 is 15.0 Å². The summed E-state index contributed by atoms with van der Waals surface area (Å²) in [5, 5.41) is 8.77. The molecule has 4 rings (SSSR count). The third-order valence-corrected chi connectivity index (χ3v) is 5.08. The molecule has 0 spiro atoms. The Morgan fingerprint density at radius 1 is 1.32 bits per heavy atom. The molecule has 22 heavy (non-hydrogen) atoms. The Hall–Kier alpha value is -1.69. The smallest absolute Gasteiger partial charge is 0.123 e. The van der Waals surface area contributed by atoms with E-state index in [2.05, 4.69) is 27.1 Å². The van der Waals surface area contributed by atoms with Crippen LogP contribution in [0.2, 0.25) is 0 Å². The van der Waals surface area contributed by atoms with E-state index in [1.807, 2.05) is 6.20 Å². The van der Waals surface area contributed by atoms with Crippen molar-refractivity contribution >= 4 is 22.2 Å². The zero-order chi connectivity index (χ0) is 15.0. The van der Waals surface area contributed by atoms with Crippen LogP contribution in [-0.4, -0.2) is 24.7 Å². The largest absolute Gasteiger partial charge is 0.379 e. The van der Waals surface area contributed by atoms with Crippen molar-refractivity contribution in [2.45, 2.75) is 12.0 Å². The van der Waals surface area contributed by atoms with Crippen molar-refractivity contribution in [1.29, 1.82) is 0 Å². The van der Waals surface area contributed by atoms with Gasteiger partial charge in [-0.2, -0.15) is 11.3 Å². The minimum absolute atomic E-state index is 0.0946. The molecule has 1 fully saturated rings. The van der Waals surface area contributed by atoms with Crippen molar-refractivity contribution in [2.24, 2.45) is 0 Å². The Kier molecular flexibility index (Phi) is 3.48. The summed E-state index contributed by atoms with van der Waals surface area (Å²) in [4.78, 5) is 3.19. The molecule has 2 N–H and O–H groups in total. The lowest BCUT2D eigenvalue weighted by Crippen LogP contribution is -2.53. The quantitative estimate of drug-likeness (QED) is 0.757. The number of thiophene rings is 1. The number of hydrogen-bond acceptors (Lipinski definition) is 3. The van der Waals surface area contributed by atoms with Crippen LogP contribution in [0.25, 0.3) is 10.9 Å². The first-order chi connectivity index (χ1) is 10.8. The third kappa shape index (κ3) is 2.35. The highest BCUT2D eigenvalue weighted by atomic mass is 32.1. The number of fused-ring (bicyclic) bond motifs is 1. The lowest BCUT2D eigenvalue weighted by atomic mass is 9.80. The average Bonchev–Trinajstić information content (AvgIpc) is 3.12. The second-order valence-electron chi connectivity index (χ2n) is 5.89. The standard InChI is InChI=1S/C17H17FN2OS/c18-14-1-2-16-15(5-14)12(7-20-16)6-19-9-17(10-21-11-17)13-3-4-22-8-13/h1-5,7-8,19-20H,6,9-11H2. The van der Waals surface area contributed by atoms with Gasteiger partial charge >= 0.3 is 0 Å². The minimum atomic E-state index is -0.199. The van der Waals surface area contributed by atoms with Crippen molar-refractivity contribution in [1.82, 2.24) is 10.3 Å². The van der Waals surface area contributed by atoms with Crippen LogP contribution < -0.4 is 5.32 Å². The Morgan fingerprint density at radius 2 is 2.23 bits per heavy atom. The second kappa shape index (κ2) is 5.50. The predicted molar refractivity (Wildman–Crippen MR) is 86.8 cm³/mol. The van der Waals surface area contributed by atoms with Gasteiger partial charge in [-0.15, -0.1) is 0 Å². The summed E-state index contributed by atoms with van der Waals surface area (Å²) in [7, 11) is 0. The van der Waals surface area contributed by atoms with Gasteiger partial charge in [-0.3, -0.25) is 0 Å². The summed E-state index contributed by atoms with van der Waals surface area (Å²) >= 11 is 1.72. The van der Waals surface area contributed by atoms with Crippen LogP contribution in [0.15, 0.2) is 41.2 Å². The molecule has 0 bridgehead atoms. The number of halogens is 1. The molecule has 0 unspecified atom stereocenters. The molecule has 114 valence electrons. The van der Waals surface area contributed by atoms with Gasteiger partial charge in [0.15, 0.2) is 0 Å². The van der Waals surface area contributed by atoms with Crippen LogP contribution in [0.5, 0.6) is 0 Å². The maximum atomic E-state index is 13.4. The molecule has 0 amide bonds. The molecule has 0 atom stereocenters. The van der Waals surface area contributed by atoms with E-state index in [0.717, 1.165) is 42.8 Å². The average molecular weight is 316 g/mol. The van der Waals surface area contributed by atoms with Gasteiger partial charge in [-0.25, -0.2) is 4.39 Å². The minimum Gasteiger partial charge on any atom is -0.379 e. The van der Waals surface area contributed by atoms with Gasteiger partial charge in [0.2, 0.25) is 0 Å². The Balaban J connectivity index is 1.47. The molecular formula is C17H17FN2OS. The number of H-pyrrole nitrogens is 1. The molecule has 1 saturated heterocycles. The first-order valence-electron chi connectivity index (χ1n) is 7.34. The van der Waals surface area contributed by atoms with Crippen molar-refractivity contribution in [3.63, 3.8) is 0 Å². The molecule has 1 aliphatic heterocycles. The molecule has 3 nitrogen and oxygen atoms in total. The molecule has 2 aromatic heterocycles. The highest BCUT2D eigenvalue weighted by molar-refractivity contribution is 7.08. The molecule has 3 aromatic rings. The van der Waals surface area contributed by atoms with Crippen LogP contribution in [0, 0.1) is 5.82 Å². The fourth-order valence-electron chi connectivity index (χ4n) is 3.02. The van der Waals surface area contributed by atoms with Gasteiger partial charge in [0.1, 0.15) is 5.82 Å². The van der Waals surface area contributed by atoms with E-state index in [1.165, 1.54) is 11.6 Å². The van der Waals surface area contributed by atoms with Crippen LogP contribution in [0.3, 0.4) is 0 Å². The number of hydrogen-bond donors (Lipinski definition) is 2. The zero-order valence-corrected chi connectivity index (χ0v) is 12.9. The molecule has 0 radical (unpaired) electrons. The molecule has 1 aromatic carbocycles. The van der Waals surface area contributed by atoms with E-state index in [0.29, 0.717) is 0 Å².